The molecule has 1 aliphatic carbocycles. The third-order valence-electron chi connectivity index (χ3n) is 8.98. The first-order valence-corrected chi connectivity index (χ1v) is 16.8. The highest BCUT2D eigenvalue weighted by Gasteiger charge is 2.34. The molecule has 1 unspecified atom stereocenters. The molecule has 35 heavy (non-hydrogen) atoms. The van der Waals surface area contributed by atoms with Crippen molar-refractivity contribution in [2.45, 2.75) is 193 Å². The van der Waals surface area contributed by atoms with Gasteiger partial charge >= 0.3 is 0 Å². The molecule has 0 amide bonds. The second-order valence-corrected chi connectivity index (χ2v) is 12.6. The van der Waals surface area contributed by atoms with E-state index in [1.165, 1.54) is 154 Å². The molecule has 1 saturated carbocycles. The highest BCUT2D eigenvalue weighted by Crippen LogP contribution is 2.45. The maximum absolute atomic E-state index is 2.50. The number of hydrogen-bond donors (Lipinski definition) is 0. The van der Waals surface area contributed by atoms with Crippen LogP contribution in [0.25, 0.3) is 0 Å². The molecule has 1 heteroatoms. The molecule has 0 bridgehead atoms. The van der Waals surface area contributed by atoms with Gasteiger partial charge in [-0.05, 0) is 45.2 Å². The Labute approximate surface area is 224 Å². The number of rotatable bonds is 28. The Balaban J connectivity index is 1.84. The zero-order chi connectivity index (χ0) is 25.4. The zero-order valence-electron chi connectivity index (χ0n) is 25.3. The van der Waals surface area contributed by atoms with Crippen molar-refractivity contribution in [1.82, 2.24) is 4.90 Å². The first-order valence-electron chi connectivity index (χ1n) is 16.8. The Bertz CT molecular complexity index is 417. The highest BCUT2D eigenvalue weighted by atomic mass is 15.1. The summed E-state index contributed by atoms with van der Waals surface area (Å²) in [5.74, 6) is 2.25. The molecule has 1 rings (SSSR count). The van der Waals surface area contributed by atoms with Gasteiger partial charge in [0.1, 0.15) is 0 Å². The zero-order valence-corrected chi connectivity index (χ0v) is 25.3. The Kier molecular flexibility index (Phi) is 22.9. The molecule has 0 aromatic heterocycles. The van der Waals surface area contributed by atoms with Crippen molar-refractivity contribution >= 4 is 0 Å². The van der Waals surface area contributed by atoms with Crippen LogP contribution in [0.5, 0.6) is 0 Å². The fourth-order valence-corrected chi connectivity index (χ4v) is 6.23. The molecule has 3 atom stereocenters. The molecule has 210 valence electrons. The predicted molar refractivity (Wildman–Crippen MR) is 160 cm³/mol. The topological polar surface area (TPSA) is 3.24 Å². The lowest BCUT2D eigenvalue weighted by molar-refractivity contribution is 0.251. The molecular formula is C34H69N. The lowest BCUT2D eigenvalue weighted by Gasteiger charge is -2.24. The molecule has 0 spiro atoms. The van der Waals surface area contributed by atoms with Crippen molar-refractivity contribution in [3.63, 3.8) is 0 Å². The lowest BCUT2D eigenvalue weighted by Crippen LogP contribution is -2.27. The molecular weight excluding hydrogens is 422 g/mol. The molecule has 0 aromatic carbocycles. The maximum Gasteiger partial charge on any atom is 0.00891 e. The van der Waals surface area contributed by atoms with Gasteiger partial charge in [-0.25, -0.2) is 0 Å². The SMILES string of the molecule is CCCCCCCCCCCC(CCCCCCCCC[C@H]1C[C@H]1CCCCCCCC)N(C)C. The minimum atomic E-state index is 0.822. The summed E-state index contributed by atoms with van der Waals surface area (Å²) in [6, 6.07) is 0.822. The summed E-state index contributed by atoms with van der Waals surface area (Å²) in [5, 5.41) is 0. The van der Waals surface area contributed by atoms with E-state index in [1.807, 2.05) is 0 Å². The van der Waals surface area contributed by atoms with Gasteiger partial charge in [-0.3, -0.25) is 0 Å². The van der Waals surface area contributed by atoms with E-state index < -0.39 is 0 Å². The first kappa shape index (κ1) is 33.0. The fraction of sp³-hybridized carbons (Fsp3) is 1.00. The van der Waals surface area contributed by atoms with Crippen LogP contribution >= 0.6 is 0 Å². The Morgan fingerprint density at radius 1 is 0.457 bits per heavy atom. The summed E-state index contributed by atoms with van der Waals surface area (Å²) in [6.45, 7) is 4.62. The summed E-state index contributed by atoms with van der Waals surface area (Å²) >= 11 is 0. The first-order chi connectivity index (χ1) is 17.2. The largest absolute Gasteiger partial charge is 0.306 e. The van der Waals surface area contributed by atoms with Crippen LogP contribution in [0.1, 0.15) is 187 Å². The summed E-state index contributed by atoms with van der Waals surface area (Å²) in [5.41, 5.74) is 0. The molecule has 0 heterocycles. The minimum Gasteiger partial charge on any atom is -0.306 e. The smallest absolute Gasteiger partial charge is 0.00891 e. The second-order valence-electron chi connectivity index (χ2n) is 12.6. The van der Waals surface area contributed by atoms with Crippen molar-refractivity contribution < 1.29 is 0 Å². The van der Waals surface area contributed by atoms with Gasteiger partial charge in [-0.1, -0.05) is 168 Å². The molecule has 0 N–H and O–H groups in total. The van der Waals surface area contributed by atoms with Crippen molar-refractivity contribution in [3.8, 4) is 0 Å². The van der Waals surface area contributed by atoms with Gasteiger partial charge in [0.15, 0.2) is 0 Å². The van der Waals surface area contributed by atoms with E-state index >= 15 is 0 Å². The van der Waals surface area contributed by atoms with E-state index in [4.69, 9.17) is 0 Å². The predicted octanol–water partition coefficient (Wildman–Crippen LogP) is 11.7. The van der Waals surface area contributed by atoms with Gasteiger partial charge in [-0.2, -0.15) is 0 Å². The van der Waals surface area contributed by atoms with Crippen LogP contribution in [-0.4, -0.2) is 25.0 Å². The summed E-state index contributed by atoms with van der Waals surface area (Å²) < 4.78 is 0. The quantitative estimate of drug-likeness (QED) is 0.0983. The average Bonchev–Trinajstić information content (AvgIpc) is 3.60. The number of nitrogens with zero attached hydrogens (tertiary/aromatic N) is 1. The molecule has 0 aliphatic heterocycles. The van der Waals surface area contributed by atoms with Gasteiger partial charge in [-0.15, -0.1) is 0 Å². The van der Waals surface area contributed by atoms with E-state index in [0.717, 1.165) is 17.9 Å². The number of hydrogen-bond acceptors (Lipinski definition) is 1. The van der Waals surface area contributed by atoms with Gasteiger partial charge in [0, 0.05) is 6.04 Å². The van der Waals surface area contributed by atoms with Crippen LogP contribution in [0.4, 0.5) is 0 Å². The fourth-order valence-electron chi connectivity index (χ4n) is 6.23. The van der Waals surface area contributed by atoms with Crippen LogP contribution in [0.15, 0.2) is 0 Å². The van der Waals surface area contributed by atoms with Crippen molar-refractivity contribution in [1.29, 1.82) is 0 Å². The highest BCUT2D eigenvalue weighted by molar-refractivity contribution is 4.85. The molecule has 0 radical (unpaired) electrons. The summed E-state index contributed by atoms with van der Waals surface area (Å²) in [7, 11) is 4.60. The van der Waals surface area contributed by atoms with Gasteiger partial charge in [0.25, 0.3) is 0 Å². The van der Waals surface area contributed by atoms with Crippen molar-refractivity contribution in [3.05, 3.63) is 0 Å². The third-order valence-corrected chi connectivity index (χ3v) is 8.98. The van der Waals surface area contributed by atoms with Gasteiger partial charge in [0.05, 0.1) is 0 Å². The molecule has 1 nitrogen and oxygen atoms in total. The van der Waals surface area contributed by atoms with E-state index in [1.54, 1.807) is 19.3 Å². The summed E-state index contributed by atoms with van der Waals surface area (Å²) in [4.78, 5) is 2.50. The minimum absolute atomic E-state index is 0.822. The Morgan fingerprint density at radius 2 is 0.771 bits per heavy atom. The molecule has 0 saturated heterocycles. The van der Waals surface area contributed by atoms with Crippen molar-refractivity contribution in [2.75, 3.05) is 14.1 Å². The lowest BCUT2D eigenvalue weighted by atomic mass is 9.99. The van der Waals surface area contributed by atoms with E-state index in [9.17, 15) is 0 Å². The number of unbranched alkanes of at least 4 members (excludes halogenated alkanes) is 19. The molecule has 1 fully saturated rings. The Hall–Kier alpha value is -0.0400. The monoisotopic (exact) mass is 492 g/mol. The van der Waals surface area contributed by atoms with E-state index in [0.29, 0.717) is 0 Å². The van der Waals surface area contributed by atoms with Crippen LogP contribution in [0, 0.1) is 11.8 Å². The van der Waals surface area contributed by atoms with Crippen LogP contribution in [-0.2, 0) is 0 Å². The normalized spacial score (nSPS) is 18.4. The molecule has 0 aromatic rings. The Morgan fingerprint density at radius 3 is 1.11 bits per heavy atom. The summed E-state index contributed by atoms with van der Waals surface area (Å²) in [6.07, 6.45) is 39.7. The second kappa shape index (κ2) is 24.3. The standard InChI is InChI=1S/C34H69N/c1-5-7-9-11-13-14-17-21-25-29-34(35(3)4)30-26-22-18-15-16-20-24-28-33-31-32(33)27-23-19-12-10-8-6-2/h32-34H,5-31H2,1-4H3/t32-,33+,34?/m1/s1. The average molecular weight is 492 g/mol. The van der Waals surface area contributed by atoms with Crippen LogP contribution < -0.4 is 0 Å². The third kappa shape index (κ3) is 20.7. The van der Waals surface area contributed by atoms with E-state index in [-0.39, 0.29) is 0 Å². The maximum atomic E-state index is 2.50. The van der Waals surface area contributed by atoms with Crippen molar-refractivity contribution in [2.24, 2.45) is 11.8 Å². The van der Waals surface area contributed by atoms with Gasteiger partial charge < -0.3 is 4.90 Å². The van der Waals surface area contributed by atoms with Crippen LogP contribution in [0.2, 0.25) is 0 Å². The molecule has 1 aliphatic rings. The van der Waals surface area contributed by atoms with Gasteiger partial charge in [0.2, 0.25) is 0 Å². The van der Waals surface area contributed by atoms with Crippen LogP contribution in [0.3, 0.4) is 0 Å². The van der Waals surface area contributed by atoms with E-state index in [2.05, 4.69) is 32.8 Å².